The number of pyridine rings is 1. The lowest BCUT2D eigenvalue weighted by atomic mass is 10.0. The minimum Gasteiger partial charge on any atom is -0.364 e. The molecule has 2 heterocycles. The third kappa shape index (κ3) is 2.29. The highest BCUT2D eigenvalue weighted by Gasteiger charge is 2.34. The zero-order chi connectivity index (χ0) is 13.3. The van der Waals surface area contributed by atoms with Gasteiger partial charge in [-0.2, -0.15) is 0 Å². The van der Waals surface area contributed by atoms with Gasteiger partial charge in [-0.05, 0) is 19.3 Å². The van der Waals surface area contributed by atoms with Gasteiger partial charge < -0.3 is 9.88 Å². The predicted octanol–water partition coefficient (Wildman–Crippen LogP) is 1.77. The number of rotatable bonds is 2. The van der Waals surface area contributed by atoms with E-state index in [1.165, 1.54) is 12.3 Å². The van der Waals surface area contributed by atoms with E-state index in [4.69, 9.17) is 11.6 Å². The Kier molecular flexibility index (Phi) is 3.76. The molecule has 1 N–H and O–H groups in total. The van der Waals surface area contributed by atoms with Gasteiger partial charge in [-0.1, -0.05) is 6.92 Å². The summed E-state index contributed by atoms with van der Waals surface area (Å²) in [5.41, 5.74) is 0.717. The van der Waals surface area contributed by atoms with Crippen molar-refractivity contribution in [2.45, 2.75) is 26.3 Å². The minimum absolute atomic E-state index is 0.0277. The molecule has 0 saturated carbocycles. The highest BCUT2D eigenvalue weighted by atomic mass is 35.5. The number of halogens is 1. The first-order valence-corrected chi connectivity index (χ1v) is 6.64. The molecule has 98 valence electrons. The molecule has 1 aliphatic heterocycles. The number of hydrogen-bond acceptors (Lipinski definition) is 2. The van der Waals surface area contributed by atoms with E-state index < -0.39 is 0 Å². The van der Waals surface area contributed by atoms with Crippen LogP contribution in [0.15, 0.2) is 17.1 Å². The second-order valence-corrected chi connectivity index (χ2v) is 5.19. The number of H-pyrrole nitrogens is 1. The average molecular weight is 269 g/mol. The summed E-state index contributed by atoms with van der Waals surface area (Å²) in [5.74, 6) is 0.582. The van der Waals surface area contributed by atoms with Crippen molar-refractivity contribution in [3.8, 4) is 0 Å². The summed E-state index contributed by atoms with van der Waals surface area (Å²) in [6, 6.07) is 1.47. The van der Waals surface area contributed by atoms with Gasteiger partial charge in [0, 0.05) is 36.4 Å². The van der Waals surface area contributed by atoms with Crippen LogP contribution in [0.1, 0.15) is 29.4 Å². The van der Waals surface area contributed by atoms with Crippen molar-refractivity contribution in [1.82, 2.24) is 9.88 Å². The summed E-state index contributed by atoms with van der Waals surface area (Å²) in [5, 5.41) is 0. The molecule has 1 aliphatic rings. The van der Waals surface area contributed by atoms with Gasteiger partial charge in [0.15, 0.2) is 5.43 Å². The molecule has 0 bridgehead atoms. The van der Waals surface area contributed by atoms with E-state index in [9.17, 15) is 9.59 Å². The van der Waals surface area contributed by atoms with Crippen LogP contribution < -0.4 is 5.43 Å². The largest absolute Gasteiger partial charge is 0.364 e. The summed E-state index contributed by atoms with van der Waals surface area (Å²) in [4.78, 5) is 28.8. The van der Waals surface area contributed by atoms with E-state index in [0.717, 1.165) is 12.1 Å². The Bertz CT molecular complexity index is 512. The Morgan fingerprint density at radius 2 is 2.33 bits per heavy atom. The normalized spacial score (nSPS) is 23.4. The maximum Gasteiger partial charge on any atom is 0.259 e. The lowest BCUT2D eigenvalue weighted by Crippen LogP contribution is -2.40. The van der Waals surface area contributed by atoms with Gasteiger partial charge in [0.2, 0.25) is 0 Å². The molecule has 0 spiro atoms. The average Bonchev–Trinajstić information content (AvgIpc) is 2.69. The molecule has 2 atom stereocenters. The van der Waals surface area contributed by atoms with E-state index in [1.807, 2.05) is 0 Å². The molecule has 5 heteroatoms. The first-order valence-electron chi connectivity index (χ1n) is 6.11. The van der Waals surface area contributed by atoms with Crippen molar-refractivity contribution in [3.05, 3.63) is 33.7 Å². The lowest BCUT2D eigenvalue weighted by molar-refractivity contribution is 0.0735. The smallest absolute Gasteiger partial charge is 0.259 e. The number of hydrogen-bond donors (Lipinski definition) is 1. The zero-order valence-corrected chi connectivity index (χ0v) is 11.3. The van der Waals surface area contributed by atoms with Crippen LogP contribution in [0, 0.1) is 12.8 Å². The minimum atomic E-state index is -0.232. The van der Waals surface area contributed by atoms with E-state index in [-0.39, 0.29) is 22.9 Å². The molecule has 1 aromatic rings. The van der Waals surface area contributed by atoms with Crippen LogP contribution in [0.5, 0.6) is 0 Å². The molecule has 1 amide bonds. The molecular weight excluding hydrogens is 252 g/mol. The second kappa shape index (κ2) is 5.14. The molecule has 2 unspecified atom stereocenters. The van der Waals surface area contributed by atoms with Gasteiger partial charge in [0.05, 0.1) is 0 Å². The summed E-state index contributed by atoms with van der Waals surface area (Å²) < 4.78 is 0. The number of carbonyl (C=O) groups is 1. The Hall–Kier alpha value is -1.29. The molecule has 1 fully saturated rings. The highest BCUT2D eigenvalue weighted by molar-refractivity contribution is 6.18. The fraction of sp³-hybridized carbons (Fsp3) is 0.538. The van der Waals surface area contributed by atoms with Crippen molar-refractivity contribution in [1.29, 1.82) is 0 Å². The second-order valence-electron chi connectivity index (χ2n) is 4.88. The SMILES string of the molecule is Cc1cc(=O)c(C(=O)N2CCC(C)C2CCl)c[nH]1. The first kappa shape index (κ1) is 13.1. The van der Waals surface area contributed by atoms with Crippen molar-refractivity contribution in [2.75, 3.05) is 12.4 Å². The Balaban J connectivity index is 2.29. The summed E-state index contributed by atoms with van der Waals surface area (Å²) >= 11 is 5.91. The first-order chi connectivity index (χ1) is 8.54. The summed E-state index contributed by atoms with van der Waals surface area (Å²) in [6.45, 7) is 4.54. The van der Waals surface area contributed by atoms with Gasteiger partial charge in [-0.15, -0.1) is 11.6 Å². The molecule has 0 aliphatic carbocycles. The van der Waals surface area contributed by atoms with Crippen molar-refractivity contribution < 1.29 is 4.79 Å². The highest BCUT2D eigenvalue weighted by Crippen LogP contribution is 2.25. The van der Waals surface area contributed by atoms with E-state index in [1.54, 1.807) is 11.8 Å². The molecular formula is C13H17ClN2O2. The fourth-order valence-corrected chi connectivity index (χ4v) is 2.86. The molecule has 1 aromatic heterocycles. The van der Waals surface area contributed by atoms with E-state index in [0.29, 0.717) is 18.3 Å². The number of nitrogens with zero attached hydrogens (tertiary/aromatic N) is 1. The Labute approximate surface area is 111 Å². The van der Waals surface area contributed by atoms with Gasteiger partial charge in [0.1, 0.15) is 5.56 Å². The zero-order valence-electron chi connectivity index (χ0n) is 10.6. The van der Waals surface area contributed by atoms with Crippen molar-refractivity contribution in [2.24, 2.45) is 5.92 Å². The molecule has 4 nitrogen and oxygen atoms in total. The molecule has 1 saturated heterocycles. The van der Waals surface area contributed by atoms with Gasteiger partial charge in [-0.25, -0.2) is 0 Å². The number of aromatic amines is 1. The van der Waals surface area contributed by atoms with E-state index in [2.05, 4.69) is 11.9 Å². The molecule has 0 aromatic carbocycles. The molecule has 18 heavy (non-hydrogen) atoms. The van der Waals surface area contributed by atoms with Crippen LogP contribution in [0.25, 0.3) is 0 Å². The predicted molar refractivity (Wildman–Crippen MR) is 71.1 cm³/mol. The third-order valence-electron chi connectivity index (χ3n) is 3.59. The number of amides is 1. The third-order valence-corrected chi connectivity index (χ3v) is 3.91. The van der Waals surface area contributed by atoms with Crippen LogP contribution >= 0.6 is 11.6 Å². The fourth-order valence-electron chi connectivity index (χ4n) is 2.39. The maximum atomic E-state index is 12.3. The maximum absolute atomic E-state index is 12.3. The number of aryl methyl sites for hydroxylation is 1. The Morgan fingerprint density at radius 1 is 1.61 bits per heavy atom. The summed E-state index contributed by atoms with van der Waals surface area (Å²) in [7, 11) is 0. The standard InChI is InChI=1S/C13H17ClN2O2/c1-8-3-4-16(11(8)6-14)13(18)10-7-15-9(2)5-12(10)17/h5,7-8,11H,3-4,6H2,1-2H3,(H,15,17). The number of aromatic nitrogens is 1. The van der Waals surface area contributed by atoms with Gasteiger partial charge >= 0.3 is 0 Å². The van der Waals surface area contributed by atoms with Crippen LogP contribution in [0.3, 0.4) is 0 Å². The van der Waals surface area contributed by atoms with Crippen LogP contribution in [0.4, 0.5) is 0 Å². The van der Waals surface area contributed by atoms with Crippen molar-refractivity contribution >= 4 is 17.5 Å². The van der Waals surface area contributed by atoms with Gasteiger partial charge in [-0.3, -0.25) is 9.59 Å². The van der Waals surface area contributed by atoms with Crippen LogP contribution in [-0.2, 0) is 0 Å². The lowest BCUT2D eigenvalue weighted by Gasteiger charge is -2.24. The number of likely N-dealkylation sites (tertiary alicyclic amines) is 1. The number of nitrogens with one attached hydrogen (secondary N) is 1. The van der Waals surface area contributed by atoms with E-state index >= 15 is 0 Å². The van der Waals surface area contributed by atoms with Crippen molar-refractivity contribution in [3.63, 3.8) is 0 Å². The molecule has 2 rings (SSSR count). The number of alkyl halides is 1. The summed E-state index contributed by atoms with van der Waals surface area (Å²) in [6.07, 6.45) is 2.43. The molecule has 0 radical (unpaired) electrons. The van der Waals surface area contributed by atoms with Gasteiger partial charge in [0.25, 0.3) is 5.91 Å². The van der Waals surface area contributed by atoms with Crippen LogP contribution in [0.2, 0.25) is 0 Å². The monoisotopic (exact) mass is 268 g/mol. The number of carbonyl (C=O) groups excluding carboxylic acids is 1. The topological polar surface area (TPSA) is 53.2 Å². The Morgan fingerprint density at radius 3 is 2.94 bits per heavy atom. The quantitative estimate of drug-likeness (QED) is 0.831. The van der Waals surface area contributed by atoms with Crippen LogP contribution in [-0.4, -0.2) is 34.3 Å².